The van der Waals surface area contributed by atoms with Crippen LogP contribution in [0.4, 0.5) is 8.78 Å². The lowest BCUT2D eigenvalue weighted by atomic mass is 10.1. The number of benzene rings is 1. The fraction of sp³-hybridized carbons (Fsp3) is 0.154. The number of hydrogen-bond acceptors (Lipinski definition) is 2. The first kappa shape index (κ1) is 11.7. The highest BCUT2D eigenvalue weighted by molar-refractivity contribution is 5.59. The average Bonchev–Trinajstić information content (AvgIpc) is 2.39. The van der Waals surface area contributed by atoms with E-state index in [0.717, 1.165) is 11.1 Å². The number of pyridine rings is 1. The van der Waals surface area contributed by atoms with Crippen LogP contribution < -0.4 is 0 Å². The van der Waals surface area contributed by atoms with E-state index in [-0.39, 0.29) is 12.2 Å². The minimum absolute atomic E-state index is 0.0158. The Bertz CT molecular complexity index is 480. The Kier molecular flexibility index (Phi) is 3.44. The van der Waals surface area contributed by atoms with E-state index in [1.807, 2.05) is 0 Å². The van der Waals surface area contributed by atoms with Gasteiger partial charge in [-0.05, 0) is 17.7 Å². The summed E-state index contributed by atoms with van der Waals surface area (Å²) in [4.78, 5) is 3.98. The lowest BCUT2D eigenvalue weighted by molar-refractivity contribution is 0.151. The van der Waals surface area contributed by atoms with Crippen LogP contribution in [0.2, 0.25) is 0 Å². The molecule has 1 aromatic heterocycles. The zero-order chi connectivity index (χ0) is 12.3. The van der Waals surface area contributed by atoms with E-state index in [1.54, 1.807) is 30.3 Å². The van der Waals surface area contributed by atoms with E-state index in [9.17, 15) is 8.78 Å². The smallest absolute Gasteiger partial charge is 0.265 e. The molecule has 0 spiro atoms. The third-order valence-electron chi connectivity index (χ3n) is 2.47. The molecular formula is C13H11F2NO. The highest BCUT2D eigenvalue weighted by Crippen LogP contribution is 2.22. The van der Waals surface area contributed by atoms with Gasteiger partial charge in [-0.2, -0.15) is 0 Å². The molecule has 2 nitrogen and oxygen atoms in total. The summed E-state index contributed by atoms with van der Waals surface area (Å²) in [6.45, 7) is -0.0158. The molecule has 1 aromatic carbocycles. The summed E-state index contributed by atoms with van der Waals surface area (Å²) in [5.41, 5.74) is 2.19. The van der Waals surface area contributed by atoms with E-state index in [4.69, 9.17) is 5.11 Å². The van der Waals surface area contributed by atoms with Gasteiger partial charge in [-0.25, -0.2) is 8.78 Å². The van der Waals surface area contributed by atoms with Crippen molar-refractivity contribution in [3.63, 3.8) is 0 Å². The van der Waals surface area contributed by atoms with Crippen molar-refractivity contribution in [3.05, 3.63) is 53.7 Å². The van der Waals surface area contributed by atoms with Crippen LogP contribution in [-0.4, -0.2) is 10.1 Å². The second kappa shape index (κ2) is 5.01. The predicted molar refractivity (Wildman–Crippen MR) is 60.6 cm³/mol. The zero-order valence-corrected chi connectivity index (χ0v) is 8.98. The van der Waals surface area contributed by atoms with Crippen molar-refractivity contribution in [1.29, 1.82) is 0 Å². The SMILES string of the molecule is OCc1ccc(-c2ccc(C(F)F)cn2)cc1. The quantitative estimate of drug-likeness (QED) is 0.886. The van der Waals surface area contributed by atoms with Crippen LogP contribution in [0.25, 0.3) is 11.3 Å². The fourth-order valence-corrected chi connectivity index (χ4v) is 1.49. The second-order valence-electron chi connectivity index (χ2n) is 3.63. The van der Waals surface area contributed by atoms with Crippen molar-refractivity contribution in [1.82, 2.24) is 4.98 Å². The molecule has 2 aromatic rings. The van der Waals surface area contributed by atoms with Gasteiger partial charge in [0.15, 0.2) is 0 Å². The van der Waals surface area contributed by atoms with Crippen LogP contribution in [0, 0.1) is 0 Å². The summed E-state index contributed by atoms with van der Waals surface area (Å²) in [5.74, 6) is 0. The van der Waals surface area contributed by atoms with Crippen molar-refractivity contribution in [2.75, 3.05) is 0 Å². The second-order valence-corrected chi connectivity index (χ2v) is 3.63. The fourth-order valence-electron chi connectivity index (χ4n) is 1.49. The van der Waals surface area contributed by atoms with Crippen LogP contribution >= 0.6 is 0 Å². The normalized spacial score (nSPS) is 10.8. The van der Waals surface area contributed by atoms with Gasteiger partial charge in [0, 0.05) is 17.3 Å². The molecule has 1 N–H and O–H groups in total. The van der Waals surface area contributed by atoms with Gasteiger partial charge < -0.3 is 5.11 Å². The van der Waals surface area contributed by atoms with Crippen LogP contribution in [0.5, 0.6) is 0 Å². The number of aliphatic hydroxyl groups is 1. The molecule has 0 fully saturated rings. The lowest BCUT2D eigenvalue weighted by Gasteiger charge is -2.03. The number of hydrogen-bond donors (Lipinski definition) is 1. The van der Waals surface area contributed by atoms with Crippen LogP contribution in [-0.2, 0) is 6.61 Å². The maximum atomic E-state index is 12.3. The molecule has 0 saturated carbocycles. The Hall–Kier alpha value is -1.81. The Labute approximate surface area is 97.6 Å². The molecule has 0 unspecified atom stereocenters. The van der Waals surface area contributed by atoms with Crippen LogP contribution in [0.15, 0.2) is 42.6 Å². The molecule has 0 aliphatic carbocycles. The number of alkyl halides is 2. The number of halogens is 2. The maximum absolute atomic E-state index is 12.3. The molecule has 0 bridgehead atoms. The van der Waals surface area contributed by atoms with Crippen molar-refractivity contribution < 1.29 is 13.9 Å². The van der Waals surface area contributed by atoms with Gasteiger partial charge in [-0.1, -0.05) is 24.3 Å². The standard InChI is InChI=1S/C13H11F2NO/c14-13(15)11-5-6-12(16-7-11)10-3-1-9(8-17)2-4-10/h1-7,13,17H,8H2. The Morgan fingerprint density at radius 2 is 1.76 bits per heavy atom. The molecule has 0 aliphatic heterocycles. The summed E-state index contributed by atoms with van der Waals surface area (Å²) in [6.07, 6.45) is -1.31. The van der Waals surface area contributed by atoms with E-state index in [1.165, 1.54) is 12.3 Å². The van der Waals surface area contributed by atoms with E-state index in [2.05, 4.69) is 4.98 Å². The number of aromatic nitrogens is 1. The first-order chi connectivity index (χ1) is 8.20. The van der Waals surface area contributed by atoms with Gasteiger partial charge in [0.1, 0.15) is 0 Å². The summed E-state index contributed by atoms with van der Waals surface area (Å²) in [7, 11) is 0. The molecule has 0 saturated heterocycles. The Morgan fingerprint density at radius 1 is 1.06 bits per heavy atom. The Morgan fingerprint density at radius 3 is 2.24 bits per heavy atom. The zero-order valence-electron chi connectivity index (χ0n) is 8.98. The first-order valence-corrected chi connectivity index (χ1v) is 5.15. The van der Waals surface area contributed by atoms with Crippen molar-refractivity contribution in [3.8, 4) is 11.3 Å². The Balaban J connectivity index is 2.26. The molecular weight excluding hydrogens is 224 g/mol. The van der Waals surface area contributed by atoms with E-state index >= 15 is 0 Å². The number of aliphatic hydroxyl groups excluding tert-OH is 1. The molecule has 0 aliphatic rings. The van der Waals surface area contributed by atoms with Crippen molar-refractivity contribution >= 4 is 0 Å². The molecule has 1 heterocycles. The molecule has 2 rings (SSSR count). The highest BCUT2D eigenvalue weighted by Gasteiger charge is 2.07. The molecule has 0 radical (unpaired) electrons. The van der Waals surface area contributed by atoms with E-state index in [0.29, 0.717) is 5.69 Å². The molecule has 17 heavy (non-hydrogen) atoms. The van der Waals surface area contributed by atoms with Gasteiger partial charge >= 0.3 is 0 Å². The van der Waals surface area contributed by atoms with Gasteiger partial charge in [-0.3, -0.25) is 4.98 Å². The number of rotatable bonds is 3. The summed E-state index contributed by atoms with van der Waals surface area (Å²) in [5, 5.41) is 8.90. The van der Waals surface area contributed by atoms with Gasteiger partial charge in [0.2, 0.25) is 0 Å². The summed E-state index contributed by atoms with van der Waals surface area (Å²) >= 11 is 0. The van der Waals surface area contributed by atoms with Crippen LogP contribution in [0.3, 0.4) is 0 Å². The summed E-state index contributed by atoms with van der Waals surface area (Å²) in [6, 6.07) is 10.1. The summed E-state index contributed by atoms with van der Waals surface area (Å²) < 4.78 is 24.7. The van der Waals surface area contributed by atoms with Gasteiger partial charge in [0.25, 0.3) is 6.43 Å². The molecule has 0 atom stereocenters. The topological polar surface area (TPSA) is 33.1 Å². The third kappa shape index (κ3) is 2.65. The molecule has 88 valence electrons. The largest absolute Gasteiger partial charge is 0.392 e. The third-order valence-corrected chi connectivity index (χ3v) is 2.47. The minimum Gasteiger partial charge on any atom is -0.392 e. The minimum atomic E-state index is -2.49. The number of nitrogens with zero attached hydrogens (tertiary/aromatic N) is 1. The maximum Gasteiger partial charge on any atom is 0.265 e. The molecule has 4 heteroatoms. The van der Waals surface area contributed by atoms with E-state index < -0.39 is 6.43 Å². The highest BCUT2D eigenvalue weighted by atomic mass is 19.3. The predicted octanol–water partition coefficient (Wildman–Crippen LogP) is 3.18. The van der Waals surface area contributed by atoms with Crippen LogP contribution in [0.1, 0.15) is 17.6 Å². The monoisotopic (exact) mass is 235 g/mol. The first-order valence-electron chi connectivity index (χ1n) is 5.15. The molecule has 0 amide bonds. The van der Waals surface area contributed by atoms with Gasteiger partial charge in [0.05, 0.1) is 12.3 Å². The lowest BCUT2D eigenvalue weighted by Crippen LogP contribution is -1.89. The average molecular weight is 235 g/mol. The van der Waals surface area contributed by atoms with Crippen molar-refractivity contribution in [2.24, 2.45) is 0 Å². The van der Waals surface area contributed by atoms with Gasteiger partial charge in [-0.15, -0.1) is 0 Å². The van der Waals surface area contributed by atoms with Crippen molar-refractivity contribution in [2.45, 2.75) is 13.0 Å².